The van der Waals surface area contributed by atoms with Crippen molar-refractivity contribution in [2.24, 2.45) is 0 Å². The van der Waals surface area contributed by atoms with Crippen LogP contribution in [0.5, 0.6) is 0 Å². The molecule has 0 aromatic heterocycles. The molecular formula is C8H10O4Si. The second-order valence-corrected chi connectivity index (χ2v) is 6.01. The highest BCUT2D eigenvalue weighted by Gasteiger charge is 2.50. The predicted molar refractivity (Wildman–Crippen MR) is 47.8 cm³/mol. The van der Waals surface area contributed by atoms with E-state index in [1.807, 2.05) is 5.92 Å². The van der Waals surface area contributed by atoms with Gasteiger partial charge in [0.15, 0.2) is 16.2 Å². The highest BCUT2D eigenvalue weighted by atomic mass is 28.4. The molecule has 0 aromatic rings. The molecule has 0 fully saturated rings. The van der Waals surface area contributed by atoms with Gasteiger partial charge in [-0.15, -0.1) is 6.42 Å². The molecule has 0 aliphatic rings. The number of hydrogen-bond acceptors (Lipinski definition) is 4. The molecule has 0 spiro atoms. The van der Waals surface area contributed by atoms with E-state index in [-0.39, 0.29) is 6.42 Å². The molecule has 0 unspecified atom stereocenters. The molecule has 0 aliphatic carbocycles. The Labute approximate surface area is 77.1 Å². The second-order valence-electron chi connectivity index (χ2n) is 2.63. The smallest absolute Gasteiger partial charge is 0.399 e. The summed E-state index contributed by atoms with van der Waals surface area (Å²) in [7, 11) is -4.09. The number of carbonyl (C=O) groups is 3. The van der Waals surface area contributed by atoms with Crippen LogP contribution in [0.1, 0.15) is 20.3 Å². The van der Waals surface area contributed by atoms with Crippen molar-refractivity contribution in [3.8, 4) is 12.3 Å². The van der Waals surface area contributed by atoms with Gasteiger partial charge in [-0.3, -0.25) is 4.79 Å². The maximum atomic E-state index is 11.2. The lowest BCUT2D eigenvalue weighted by atomic mass is 10.5. The Bertz CT molecular complexity index is 286. The molecule has 0 heterocycles. The average Bonchev–Trinajstić information content (AvgIpc) is 2.02. The van der Waals surface area contributed by atoms with Crippen LogP contribution in [0.25, 0.3) is 0 Å². The third-order valence-corrected chi connectivity index (χ3v) is 4.71. The zero-order valence-corrected chi connectivity index (χ0v) is 8.46. The van der Waals surface area contributed by atoms with Crippen molar-refractivity contribution in [2.75, 3.05) is 0 Å². The Balaban J connectivity index is 5.05. The lowest BCUT2D eigenvalue weighted by molar-refractivity contribution is -0.120. The zero-order chi connectivity index (χ0) is 10.6. The molecule has 0 saturated carbocycles. The minimum atomic E-state index is -4.09. The Morgan fingerprint density at radius 3 is 1.92 bits per heavy atom. The number of carbonyl (C=O) groups excluding carboxylic acids is 3. The van der Waals surface area contributed by atoms with Crippen LogP contribution in [0.15, 0.2) is 0 Å². The van der Waals surface area contributed by atoms with Gasteiger partial charge >= 0.3 is 8.32 Å². The maximum Gasteiger partial charge on any atom is 0.399 e. The molecule has 1 N–H and O–H groups in total. The quantitative estimate of drug-likeness (QED) is 0.479. The van der Waals surface area contributed by atoms with Gasteiger partial charge in [0.05, 0.1) is 6.42 Å². The normalized spacial score (nSPS) is 10.3. The van der Waals surface area contributed by atoms with Crippen LogP contribution in [0, 0.1) is 12.3 Å². The third-order valence-electron chi connectivity index (χ3n) is 1.69. The molecule has 0 rings (SSSR count). The van der Waals surface area contributed by atoms with Crippen LogP contribution < -0.4 is 0 Å². The average molecular weight is 198 g/mol. The molecule has 0 saturated heterocycles. The summed E-state index contributed by atoms with van der Waals surface area (Å²) in [6.45, 7) is 2.06. The van der Waals surface area contributed by atoms with E-state index in [9.17, 15) is 19.2 Å². The lowest BCUT2D eigenvalue weighted by Gasteiger charge is -2.14. The van der Waals surface area contributed by atoms with E-state index in [1.54, 1.807) is 0 Å². The fraction of sp³-hybridized carbons (Fsp3) is 0.375. The highest BCUT2D eigenvalue weighted by molar-refractivity contribution is 7.36. The van der Waals surface area contributed by atoms with Crippen molar-refractivity contribution in [1.29, 1.82) is 0 Å². The predicted octanol–water partition coefficient (Wildman–Crippen LogP) is -0.688. The van der Waals surface area contributed by atoms with Crippen molar-refractivity contribution in [2.45, 2.75) is 20.3 Å². The van der Waals surface area contributed by atoms with Crippen LogP contribution in [-0.4, -0.2) is 29.3 Å². The van der Waals surface area contributed by atoms with E-state index >= 15 is 0 Å². The summed E-state index contributed by atoms with van der Waals surface area (Å²) in [5, 5.41) is -2.34. The van der Waals surface area contributed by atoms with Crippen LogP contribution in [0.4, 0.5) is 0 Å². The van der Waals surface area contributed by atoms with E-state index in [0.29, 0.717) is 0 Å². The summed E-state index contributed by atoms with van der Waals surface area (Å²) in [5.41, 5.74) is 0. The molecule has 0 bridgehead atoms. The van der Waals surface area contributed by atoms with Gasteiger partial charge < -0.3 is 14.4 Å². The summed E-state index contributed by atoms with van der Waals surface area (Å²) in [6.07, 6.45) is 4.47. The number of hydrogen-bond donors (Lipinski definition) is 1. The van der Waals surface area contributed by atoms with Crippen LogP contribution in [0.3, 0.4) is 0 Å². The molecule has 0 amide bonds. The summed E-state index contributed by atoms with van der Waals surface area (Å²) >= 11 is 0. The minimum absolute atomic E-state index is 0.373. The van der Waals surface area contributed by atoms with Gasteiger partial charge in [-0.05, 0) is 13.8 Å². The first kappa shape index (κ1) is 11.7. The molecule has 4 nitrogen and oxygen atoms in total. The SMILES string of the molecule is C#CCC(=O)[Si](O)(C(C)=O)C(C)=O. The van der Waals surface area contributed by atoms with Gasteiger partial charge in [0.2, 0.25) is 0 Å². The Morgan fingerprint density at radius 2 is 1.69 bits per heavy atom. The molecule has 0 radical (unpaired) electrons. The molecule has 5 heteroatoms. The molecule has 13 heavy (non-hydrogen) atoms. The zero-order valence-electron chi connectivity index (χ0n) is 7.46. The number of rotatable bonds is 4. The van der Waals surface area contributed by atoms with Gasteiger partial charge in [0, 0.05) is 0 Å². The van der Waals surface area contributed by atoms with Gasteiger partial charge in [0.1, 0.15) is 0 Å². The van der Waals surface area contributed by atoms with Crippen LogP contribution >= 0.6 is 0 Å². The van der Waals surface area contributed by atoms with E-state index < -0.39 is 24.5 Å². The second kappa shape index (κ2) is 4.12. The monoisotopic (exact) mass is 198 g/mol. The minimum Gasteiger partial charge on any atom is -0.416 e. The van der Waals surface area contributed by atoms with Crippen LogP contribution in [0.2, 0.25) is 0 Å². The van der Waals surface area contributed by atoms with Crippen molar-refractivity contribution in [1.82, 2.24) is 0 Å². The van der Waals surface area contributed by atoms with Crippen molar-refractivity contribution in [3.05, 3.63) is 0 Å². The molecule has 0 atom stereocenters. The fourth-order valence-corrected chi connectivity index (χ4v) is 2.50. The van der Waals surface area contributed by atoms with Crippen molar-refractivity contribution in [3.63, 3.8) is 0 Å². The van der Waals surface area contributed by atoms with E-state index in [2.05, 4.69) is 0 Å². The van der Waals surface area contributed by atoms with Gasteiger partial charge in [-0.25, -0.2) is 0 Å². The van der Waals surface area contributed by atoms with E-state index in [0.717, 1.165) is 13.8 Å². The summed E-state index contributed by atoms with van der Waals surface area (Å²) in [5.74, 6) is 2.00. The maximum absolute atomic E-state index is 11.2. The highest BCUT2D eigenvalue weighted by Crippen LogP contribution is 2.05. The topological polar surface area (TPSA) is 71.4 Å². The third kappa shape index (κ3) is 2.11. The summed E-state index contributed by atoms with van der Waals surface area (Å²) < 4.78 is 0. The lowest BCUT2D eigenvalue weighted by Crippen LogP contribution is -2.58. The van der Waals surface area contributed by atoms with Gasteiger partial charge in [-0.2, -0.15) is 0 Å². The molecule has 70 valence electrons. The molecular weight excluding hydrogens is 188 g/mol. The first-order chi connectivity index (χ1) is 5.87. The van der Waals surface area contributed by atoms with Gasteiger partial charge in [0.25, 0.3) is 0 Å². The van der Waals surface area contributed by atoms with E-state index in [4.69, 9.17) is 6.42 Å². The Kier molecular flexibility index (Phi) is 3.72. The van der Waals surface area contributed by atoms with E-state index in [1.165, 1.54) is 0 Å². The summed E-state index contributed by atoms with van der Waals surface area (Å²) in [4.78, 5) is 42.6. The fourth-order valence-electron chi connectivity index (χ4n) is 0.861. The molecule has 0 aliphatic heterocycles. The Hall–Kier alpha value is -1.25. The van der Waals surface area contributed by atoms with Crippen molar-refractivity contribution >= 4 is 24.5 Å². The van der Waals surface area contributed by atoms with Crippen LogP contribution in [-0.2, 0) is 14.4 Å². The molecule has 0 aromatic carbocycles. The number of terminal acetylenes is 1. The standard InChI is InChI=1S/C8H10O4Si/c1-4-5-8(11)13(12,6(2)9)7(3)10/h1,12H,5H2,2-3H3. The first-order valence-electron chi connectivity index (χ1n) is 3.58. The van der Waals surface area contributed by atoms with Gasteiger partial charge in [-0.1, -0.05) is 5.92 Å². The van der Waals surface area contributed by atoms with Crippen molar-refractivity contribution < 1.29 is 19.2 Å². The Morgan fingerprint density at radius 1 is 1.31 bits per heavy atom. The summed E-state index contributed by atoms with van der Waals surface area (Å²) in [6, 6.07) is 0. The first-order valence-corrected chi connectivity index (χ1v) is 5.53. The largest absolute Gasteiger partial charge is 0.416 e.